The zero-order valence-electron chi connectivity index (χ0n) is 17.1. The first-order chi connectivity index (χ1) is 14.5. The van der Waals surface area contributed by atoms with Gasteiger partial charge in [-0.3, -0.25) is 10.6 Å². The Morgan fingerprint density at radius 2 is 1.93 bits per heavy atom. The second-order valence-electron chi connectivity index (χ2n) is 8.03. The zero-order chi connectivity index (χ0) is 21.0. The summed E-state index contributed by atoms with van der Waals surface area (Å²) in [6, 6.07) is 7.48. The van der Waals surface area contributed by atoms with Crippen LogP contribution in [0.15, 0.2) is 24.3 Å². The SMILES string of the molecule is CCOC(=O)c1nn(-c2ccc(OC)cc2)c2c1CCN(C1C3CN(N)CC31)C2=O. The van der Waals surface area contributed by atoms with Crippen molar-refractivity contribution in [1.82, 2.24) is 19.7 Å². The highest BCUT2D eigenvalue weighted by Crippen LogP contribution is 2.49. The van der Waals surface area contributed by atoms with Gasteiger partial charge in [-0.25, -0.2) is 14.5 Å². The fraction of sp³-hybridized carbons (Fsp3) is 0.476. The highest BCUT2D eigenvalue weighted by Gasteiger charge is 2.60. The van der Waals surface area contributed by atoms with Crippen molar-refractivity contribution in [3.63, 3.8) is 0 Å². The number of ether oxygens (including phenoxy) is 2. The van der Waals surface area contributed by atoms with Crippen molar-refractivity contribution in [3.05, 3.63) is 41.2 Å². The smallest absolute Gasteiger partial charge is 0.359 e. The molecule has 0 spiro atoms. The molecule has 5 rings (SSSR count). The summed E-state index contributed by atoms with van der Waals surface area (Å²) in [6.45, 7) is 4.22. The first-order valence-electron chi connectivity index (χ1n) is 10.3. The number of amides is 1. The average Bonchev–Trinajstić information content (AvgIpc) is 3.09. The molecule has 2 N–H and O–H groups in total. The highest BCUT2D eigenvalue weighted by atomic mass is 16.5. The number of aromatic nitrogens is 2. The van der Waals surface area contributed by atoms with Gasteiger partial charge in [0, 0.05) is 31.2 Å². The Morgan fingerprint density at radius 3 is 2.57 bits per heavy atom. The van der Waals surface area contributed by atoms with Crippen LogP contribution in [0.5, 0.6) is 5.75 Å². The molecule has 2 unspecified atom stereocenters. The van der Waals surface area contributed by atoms with E-state index in [1.165, 1.54) is 0 Å². The number of piperidine rings is 1. The number of benzene rings is 1. The average molecular weight is 411 g/mol. The molecule has 2 fully saturated rings. The second-order valence-corrected chi connectivity index (χ2v) is 8.03. The Kier molecular flexibility index (Phi) is 4.52. The lowest BCUT2D eigenvalue weighted by Gasteiger charge is -2.30. The van der Waals surface area contributed by atoms with Crippen molar-refractivity contribution in [2.45, 2.75) is 19.4 Å². The van der Waals surface area contributed by atoms with E-state index >= 15 is 0 Å². The number of carbonyl (C=O) groups is 2. The Bertz CT molecular complexity index is 990. The third-order valence-electron chi connectivity index (χ3n) is 6.37. The number of rotatable bonds is 5. The van der Waals surface area contributed by atoms with Crippen LogP contribution in [0.25, 0.3) is 5.69 Å². The van der Waals surface area contributed by atoms with Gasteiger partial charge in [0.2, 0.25) is 0 Å². The van der Waals surface area contributed by atoms with Gasteiger partial charge in [0.1, 0.15) is 11.4 Å². The summed E-state index contributed by atoms with van der Waals surface area (Å²) in [7, 11) is 1.60. The maximum Gasteiger partial charge on any atom is 0.359 e. The van der Waals surface area contributed by atoms with E-state index in [4.69, 9.17) is 15.3 Å². The third kappa shape index (κ3) is 2.88. The molecule has 1 saturated heterocycles. The standard InChI is InChI=1S/C21H25N5O4/c1-3-30-21(28)17-14-8-9-25(18-15-10-24(22)11-16(15)18)20(27)19(14)26(23-17)12-4-6-13(29-2)7-5-12/h4-7,15-16,18H,3,8-11,22H2,1-2H3. The van der Waals surface area contributed by atoms with Gasteiger partial charge in [0.25, 0.3) is 5.91 Å². The molecule has 9 nitrogen and oxygen atoms in total. The molecule has 0 radical (unpaired) electrons. The van der Waals surface area contributed by atoms with Gasteiger partial charge in [-0.05, 0) is 49.4 Å². The molecule has 1 aromatic carbocycles. The van der Waals surface area contributed by atoms with E-state index in [0.29, 0.717) is 47.5 Å². The van der Waals surface area contributed by atoms with E-state index in [1.54, 1.807) is 30.8 Å². The molecule has 2 atom stereocenters. The summed E-state index contributed by atoms with van der Waals surface area (Å²) >= 11 is 0. The van der Waals surface area contributed by atoms with E-state index in [1.807, 2.05) is 22.0 Å². The summed E-state index contributed by atoms with van der Waals surface area (Å²) < 4.78 is 12.0. The van der Waals surface area contributed by atoms with Crippen LogP contribution in [0.4, 0.5) is 0 Å². The summed E-state index contributed by atoms with van der Waals surface area (Å²) in [5.41, 5.74) is 2.03. The minimum absolute atomic E-state index is 0.0851. The maximum atomic E-state index is 13.6. The lowest BCUT2D eigenvalue weighted by Crippen LogP contribution is -2.44. The summed E-state index contributed by atoms with van der Waals surface area (Å²) in [4.78, 5) is 28.0. The first kappa shape index (κ1) is 19.1. The van der Waals surface area contributed by atoms with Crippen LogP contribution in [0, 0.1) is 11.8 Å². The van der Waals surface area contributed by atoms with Gasteiger partial charge in [-0.1, -0.05) is 0 Å². The van der Waals surface area contributed by atoms with Gasteiger partial charge in [0.05, 0.1) is 19.4 Å². The van der Waals surface area contributed by atoms with Gasteiger partial charge in [-0.15, -0.1) is 0 Å². The molecule has 2 aliphatic heterocycles. The Hall–Kier alpha value is -2.91. The van der Waals surface area contributed by atoms with Crippen LogP contribution in [0.2, 0.25) is 0 Å². The van der Waals surface area contributed by atoms with Crippen molar-refractivity contribution in [1.29, 1.82) is 0 Å². The normalized spacial score (nSPS) is 25.1. The lowest BCUT2D eigenvalue weighted by molar-refractivity contribution is 0.0517. The molecule has 9 heteroatoms. The topological polar surface area (TPSA) is 103 Å². The molecule has 1 saturated carbocycles. The van der Waals surface area contributed by atoms with Crippen LogP contribution in [0.1, 0.15) is 33.5 Å². The van der Waals surface area contributed by atoms with E-state index in [2.05, 4.69) is 5.10 Å². The number of esters is 1. The molecule has 1 aliphatic carbocycles. The van der Waals surface area contributed by atoms with Crippen LogP contribution in [-0.2, 0) is 11.2 Å². The maximum absolute atomic E-state index is 13.6. The fourth-order valence-electron chi connectivity index (χ4n) is 4.92. The molecule has 2 aromatic rings. The number of carbonyl (C=O) groups excluding carboxylic acids is 2. The fourth-order valence-corrected chi connectivity index (χ4v) is 4.92. The third-order valence-corrected chi connectivity index (χ3v) is 6.37. The van der Waals surface area contributed by atoms with E-state index < -0.39 is 5.97 Å². The first-order valence-corrected chi connectivity index (χ1v) is 10.3. The number of hydrogen-bond acceptors (Lipinski definition) is 7. The van der Waals surface area contributed by atoms with Crippen molar-refractivity contribution >= 4 is 11.9 Å². The van der Waals surface area contributed by atoms with Crippen molar-refractivity contribution in [3.8, 4) is 11.4 Å². The molecular formula is C21H25N5O4. The molecule has 1 aromatic heterocycles. The number of hydrazine groups is 1. The minimum Gasteiger partial charge on any atom is -0.497 e. The number of hydrogen-bond donors (Lipinski definition) is 1. The van der Waals surface area contributed by atoms with Crippen LogP contribution >= 0.6 is 0 Å². The molecule has 1 amide bonds. The van der Waals surface area contributed by atoms with E-state index in [-0.39, 0.29) is 24.2 Å². The monoisotopic (exact) mass is 411 g/mol. The minimum atomic E-state index is -0.496. The highest BCUT2D eigenvalue weighted by molar-refractivity contribution is 6.00. The summed E-state index contributed by atoms with van der Waals surface area (Å²) in [6.07, 6.45) is 0.577. The number of nitrogens with zero attached hydrogens (tertiary/aromatic N) is 4. The van der Waals surface area contributed by atoms with Crippen molar-refractivity contribution in [2.75, 3.05) is 33.4 Å². The summed E-state index contributed by atoms with van der Waals surface area (Å²) in [5, 5.41) is 6.34. The Balaban J connectivity index is 1.53. The van der Waals surface area contributed by atoms with Crippen molar-refractivity contribution in [2.24, 2.45) is 17.7 Å². The van der Waals surface area contributed by atoms with E-state index in [0.717, 1.165) is 13.1 Å². The summed E-state index contributed by atoms with van der Waals surface area (Å²) in [5.74, 6) is 6.89. The van der Waals surface area contributed by atoms with Gasteiger partial charge in [0.15, 0.2) is 5.69 Å². The number of nitrogens with two attached hydrogens (primary N) is 1. The second kappa shape index (κ2) is 7.10. The zero-order valence-corrected chi connectivity index (χ0v) is 17.1. The van der Waals surface area contributed by atoms with Crippen LogP contribution in [-0.4, -0.2) is 71.0 Å². The largest absolute Gasteiger partial charge is 0.497 e. The predicted molar refractivity (Wildman–Crippen MR) is 107 cm³/mol. The van der Waals surface area contributed by atoms with Gasteiger partial charge >= 0.3 is 5.97 Å². The number of methoxy groups -OCH3 is 1. The molecule has 0 bridgehead atoms. The quantitative estimate of drug-likeness (QED) is 0.575. The molecule has 30 heavy (non-hydrogen) atoms. The molecule has 158 valence electrons. The van der Waals surface area contributed by atoms with Gasteiger partial charge in [-0.2, -0.15) is 5.10 Å². The molecule has 3 heterocycles. The van der Waals surface area contributed by atoms with E-state index in [9.17, 15) is 9.59 Å². The Morgan fingerprint density at radius 1 is 1.23 bits per heavy atom. The Labute approximate surface area is 174 Å². The van der Waals surface area contributed by atoms with Crippen LogP contribution in [0.3, 0.4) is 0 Å². The van der Waals surface area contributed by atoms with Crippen molar-refractivity contribution < 1.29 is 19.1 Å². The number of fused-ring (bicyclic) bond motifs is 2. The van der Waals surface area contributed by atoms with Gasteiger partial charge < -0.3 is 14.4 Å². The molecule has 3 aliphatic rings. The molecular weight excluding hydrogens is 386 g/mol. The predicted octanol–water partition coefficient (Wildman–Crippen LogP) is 0.860. The van der Waals surface area contributed by atoms with Crippen LogP contribution < -0.4 is 10.6 Å². The lowest BCUT2D eigenvalue weighted by atomic mass is 10.0.